The van der Waals surface area contributed by atoms with Gasteiger partial charge in [-0.15, -0.1) is 11.8 Å². The third-order valence-corrected chi connectivity index (χ3v) is 10.0. The van der Waals surface area contributed by atoms with Gasteiger partial charge in [0.05, 0.1) is 17.7 Å². The van der Waals surface area contributed by atoms with Crippen molar-refractivity contribution in [1.82, 2.24) is 25.4 Å². The fourth-order valence-corrected chi connectivity index (χ4v) is 6.41. The molecule has 0 radical (unpaired) electrons. The molecular formula is C38H45F4N5O8S. The molecule has 0 saturated heterocycles. The highest BCUT2D eigenvalue weighted by atomic mass is 32.2. The molecule has 56 heavy (non-hydrogen) atoms. The quantitative estimate of drug-likeness (QED) is 0.105. The number of alkyl halides is 3. The van der Waals surface area contributed by atoms with Crippen molar-refractivity contribution in [3.05, 3.63) is 101 Å². The van der Waals surface area contributed by atoms with Crippen molar-refractivity contribution in [2.45, 2.75) is 69.3 Å². The maximum atomic E-state index is 14.0. The van der Waals surface area contributed by atoms with Gasteiger partial charge in [-0.2, -0.15) is 13.2 Å². The largest absolute Gasteiger partial charge is 0.479 e. The van der Waals surface area contributed by atoms with Crippen LogP contribution in [0.5, 0.6) is 0 Å². The smallest absolute Gasteiger partial charge is 0.416 e. The number of aromatic nitrogens is 1. The summed E-state index contributed by atoms with van der Waals surface area (Å²) < 4.78 is 52.5. The average molecular weight is 808 g/mol. The Labute approximate surface area is 325 Å². The van der Waals surface area contributed by atoms with E-state index in [1.165, 1.54) is 36.0 Å². The first kappa shape index (κ1) is 45.4. The maximum Gasteiger partial charge on any atom is 0.416 e. The lowest BCUT2D eigenvalue weighted by Gasteiger charge is -2.39. The standard InChI is InChI=1S/C34H39F4N5O2S.C4H6O6/c1-4-26-21-40-33(41-32(26)45,46-23-24-7-14-29(35)15-8-24)19-31(44)43(18-17-42(5-2)6-3)22-25-9-16-30(39-20-25)27-10-12-28(13-11-27)34(36,37)38;5-1(3(7)8)2(6)4(9)10/h7-16,20-21,40H,4-6,17-19,22-23H2,1-3H3,(H,41,45);1-2,5-6H,(H,7,8)(H,9,10). The van der Waals surface area contributed by atoms with Crippen LogP contribution in [0.25, 0.3) is 11.3 Å². The lowest BCUT2D eigenvalue weighted by Crippen LogP contribution is -2.60. The molecule has 0 aliphatic carbocycles. The number of aliphatic hydroxyl groups excluding tert-OH is 2. The number of rotatable bonds is 17. The fourth-order valence-electron chi connectivity index (χ4n) is 5.27. The summed E-state index contributed by atoms with van der Waals surface area (Å²) in [6.07, 6.45) is -5.19. The number of amides is 2. The van der Waals surface area contributed by atoms with Gasteiger partial charge in [0.15, 0.2) is 17.2 Å². The van der Waals surface area contributed by atoms with E-state index in [-0.39, 0.29) is 30.6 Å². The van der Waals surface area contributed by atoms with Gasteiger partial charge in [-0.1, -0.05) is 51.1 Å². The number of aliphatic hydroxyl groups is 2. The van der Waals surface area contributed by atoms with Crippen molar-refractivity contribution in [1.29, 1.82) is 0 Å². The molecule has 304 valence electrons. The van der Waals surface area contributed by atoms with Gasteiger partial charge in [0.1, 0.15) is 5.82 Å². The van der Waals surface area contributed by atoms with E-state index in [0.29, 0.717) is 42.1 Å². The van der Waals surface area contributed by atoms with Crippen molar-refractivity contribution >= 4 is 35.5 Å². The average Bonchev–Trinajstić information content (AvgIpc) is 3.17. The Bertz CT molecular complexity index is 1790. The normalized spacial score (nSPS) is 16.4. The van der Waals surface area contributed by atoms with Gasteiger partial charge in [0.25, 0.3) is 5.91 Å². The van der Waals surface area contributed by atoms with E-state index in [2.05, 4.69) is 34.4 Å². The summed E-state index contributed by atoms with van der Waals surface area (Å²) in [7, 11) is 0. The van der Waals surface area contributed by atoms with Crippen molar-refractivity contribution in [2.75, 3.05) is 26.2 Å². The van der Waals surface area contributed by atoms with E-state index in [4.69, 9.17) is 20.4 Å². The molecule has 0 saturated carbocycles. The topological polar surface area (TPSA) is 193 Å². The minimum atomic E-state index is -4.42. The summed E-state index contributed by atoms with van der Waals surface area (Å²) >= 11 is 1.36. The molecule has 0 fully saturated rings. The minimum absolute atomic E-state index is 0.0482. The highest BCUT2D eigenvalue weighted by molar-refractivity contribution is 7.99. The zero-order valence-corrected chi connectivity index (χ0v) is 31.7. The zero-order valence-electron chi connectivity index (χ0n) is 30.9. The predicted octanol–water partition coefficient (Wildman–Crippen LogP) is 4.44. The van der Waals surface area contributed by atoms with E-state index in [9.17, 15) is 36.7 Å². The first-order chi connectivity index (χ1) is 26.4. The molecule has 1 aliphatic heterocycles. The number of carbonyl (C=O) groups is 4. The number of thioether (sulfide) groups is 1. The van der Waals surface area contributed by atoms with Crippen molar-refractivity contribution < 1.29 is 57.2 Å². The van der Waals surface area contributed by atoms with Crippen LogP contribution in [0.2, 0.25) is 0 Å². The van der Waals surface area contributed by atoms with Gasteiger partial charge in [-0.3, -0.25) is 14.6 Å². The number of carboxylic acid groups (broad SMARTS) is 2. The summed E-state index contributed by atoms with van der Waals surface area (Å²) in [6.45, 7) is 8.96. The summed E-state index contributed by atoms with van der Waals surface area (Å²) in [5, 5.41) is 38.8. The van der Waals surface area contributed by atoms with Gasteiger partial charge < -0.3 is 40.9 Å². The van der Waals surface area contributed by atoms with Crippen LogP contribution in [0.4, 0.5) is 17.6 Å². The predicted molar refractivity (Wildman–Crippen MR) is 200 cm³/mol. The molecule has 0 bridgehead atoms. The number of halogens is 4. The summed E-state index contributed by atoms with van der Waals surface area (Å²) in [4.78, 5) is 53.9. The molecule has 1 aromatic heterocycles. The molecule has 2 heterocycles. The molecule has 4 rings (SSSR count). The third kappa shape index (κ3) is 13.3. The molecule has 3 aromatic rings. The number of nitrogens with zero attached hydrogens (tertiary/aromatic N) is 3. The second kappa shape index (κ2) is 20.8. The van der Waals surface area contributed by atoms with E-state index in [1.54, 1.807) is 35.5 Å². The SMILES string of the molecule is CCC1=CNC(CC(=O)N(CCN(CC)CC)Cc2ccc(-c3ccc(C(F)(F)F)cc3)nc2)(SCc2ccc(F)cc2)NC1=O.O=C(O)C(O)C(O)C(=O)O. The molecule has 18 heteroatoms. The first-order valence-corrected chi connectivity index (χ1v) is 18.5. The minimum Gasteiger partial charge on any atom is -0.479 e. The van der Waals surface area contributed by atoms with E-state index < -0.39 is 40.9 Å². The highest BCUT2D eigenvalue weighted by Gasteiger charge is 2.39. The third-order valence-electron chi connectivity index (χ3n) is 8.71. The van der Waals surface area contributed by atoms with Crippen LogP contribution < -0.4 is 10.6 Å². The number of carboxylic acids is 2. The Hall–Kier alpha value is -5.04. The summed E-state index contributed by atoms with van der Waals surface area (Å²) in [5.41, 5.74) is 2.51. The molecule has 6 N–H and O–H groups in total. The highest BCUT2D eigenvalue weighted by Crippen LogP contribution is 2.32. The monoisotopic (exact) mass is 807 g/mol. The molecule has 2 aromatic carbocycles. The van der Waals surface area contributed by atoms with E-state index in [1.807, 2.05) is 13.0 Å². The van der Waals surface area contributed by atoms with Crippen LogP contribution in [0.1, 0.15) is 50.3 Å². The summed E-state index contributed by atoms with van der Waals surface area (Å²) in [5.74, 6) is -3.90. The Balaban J connectivity index is 0.000000739. The Morgan fingerprint density at radius 1 is 0.875 bits per heavy atom. The Morgan fingerprint density at radius 3 is 1.95 bits per heavy atom. The van der Waals surface area contributed by atoms with Crippen LogP contribution in [-0.2, 0) is 37.7 Å². The van der Waals surface area contributed by atoms with Crippen LogP contribution >= 0.6 is 11.8 Å². The lowest BCUT2D eigenvalue weighted by molar-refractivity contribution is -0.165. The number of pyridine rings is 1. The van der Waals surface area contributed by atoms with Crippen LogP contribution in [0, 0.1) is 5.82 Å². The fraction of sp³-hybridized carbons (Fsp3) is 0.395. The van der Waals surface area contributed by atoms with Crippen molar-refractivity contribution in [3.8, 4) is 11.3 Å². The molecule has 1 aliphatic rings. The lowest BCUT2D eigenvalue weighted by atomic mass is 10.1. The summed E-state index contributed by atoms with van der Waals surface area (Å²) in [6, 6.07) is 14.5. The van der Waals surface area contributed by atoms with Gasteiger partial charge in [0.2, 0.25) is 5.91 Å². The number of nitrogens with one attached hydrogen (secondary N) is 2. The Kier molecular flexibility index (Phi) is 16.8. The van der Waals surface area contributed by atoms with Crippen molar-refractivity contribution in [3.63, 3.8) is 0 Å². The number of benzene rings is 2. The molecule has 2 amide bonds. The maximum absolute atomic E-state index is 14.0. The van der Waals surface area contributed by atoms with Gasteiger partial charge in [-0.05, 0) is 61.0 Å². The van der Waals surface area contributed by atoms with Crippen molar-refractivity contribution in [2.24, 2.45) is 0 Å². The molecule has 0 spiro atoms. The zero-order chi connectivity index (χ0) is 41.6. The van der Waals surface area contributed by atoms with Gasteiger partial charge in [-0.25, -0.2) is 14.0 Å². The molecule has 13 nitrogen and oxygen atoms in total. The van der Waals surface area contributed by atoms with Gasteiger partial charge in [0, 0.05) is 48.9 Å². The van der Waals surface area contributed by atoms with Gasteiger partial charge >= 0.3 is 18.1 Å². The molecule has 3 atom stereocenters. The van der Waals surface area contributed by atoms with Crippen LogP contribution in [-0.4, -0.2) is 102 Å². The number of hydrogen-bond acceptors (Lipinski definition) is 10. The number of hydrogen-bond donors (Lipinski definition) is 6. The molecular weight excluding hydrogens is 763 g/mol. The second-order valence-electron chi connectivity index (χ2n) is 12.6. The van der Waals surface area contributed by atoms with Crippen LogP contribution in [0.15, 0.2) is 78.6 Å². The Morgan fingerprint density at radius 2 is 1.46 bits per heavy atom. The molecule has 3 unspecified atom stereocenters. The number of aliphatic carboxylic acids is 2. The van der Waals surface area contributed by atoms with Crippen LogP contribution in [0.3, 0.4) is 0 Å². The number of carbonyl (C=O) groups excluding carboxylic acids is 2. The number of likely N-dealkylation sites (N-methyl/N-ethyl adjacent to an activating group) is 1. The van der Waals surface area contributed by atoms with E-state index in [0.717, 1.165) is 36.3 Å². The second-order valence-corrected chi connectivity index (χ2v) is 13.8. The first-order valence-electron chi connectivity index (χ1n) is 17.5. The van der Waals surface area contributed by atoms with E-state index >= 15 is 0 Å².